The number of ether oxygens (including phenoxy) is 1. The first-order valence-electron chi connectivity index (χ1n) is 5.16. The highest BCUT2D eigenvalue weighted by Crippen LogP contribution is 2.41. The number of rotatable bonds is 2. The van der Waals surface area contributed by atoms with Crippen molar-refractivity contribution in [2.24, 2.45) is 0 Å². The first kappa shape index (κ1) is 14.3. The summed E-state index contributed by atoms with van der Waals surface area (Å²) in [6.07, 6.45) is -7.65. The van der Waals surface area contributed by atoms with Crippen LogP contribution in [0.5, 0.6) is 11.5 Å². The van der Waals surface area contributed by atoms with Crippen LogP contribution < -0.4 is 4.74 Å². The zero-order chi connectivity index (χ0) is 15.0. The molecule has 0 amide bonds. The molecule has 1 aromatic heterocycles. The number of hydrogen-bond donors (Lipinski definition) is 0. The molecular formula is C12H6F6O2. The Kier molecular flexibility index (Phi) is 3.41. The minimum Gasteiger partial charge on any atom is -0.469 e. The van der Waals surface area contributed by atoms with E-state index in [1.807, 2.05) is 0 Å². The van der Waals surface area contributed by atoms with Crippen molar-refractivity contribution in [3.63, 3.8) is 0 Å². The zero-order valence-electron chi connectivity index (χ0n) is 9.55. The van der Waals surface area contributed by atoms with E-state index >= 15 is 0 Å². The van der Waals surface area contributed by atoms with Crippen LogP contribution in [-0.2, 0) is 12.4 Å². The van der Waals surface area contributed by atoms with E-state index in [-0.39, 0.29) is 11.8 Å². The van der Waals surface area contributed by atoms with Crippen molar-refractivity contribution in [3.8, 4) is 11.5 Å². The average molecular weight is 296 g/mol. The second-order valence-electron chi connectivity index (χ2n) is 3.77. The van der Waals surface area contributed by atoms with E-state index in [0.717, 1.165) is 12.5 Å². The van der Waals surface area contributed by atoms with Crippen molar-refractivity contribution < 1.29 is 35.5 Å². The van der Waals surface area contributed by atoms with Gasteiger partial charge in [-0.15, -0.1) is 0 Å². The summed E-state index contributed by atoms with van der Waals surface area (Å²) in [6.45, 7) is 0. The van der Waals surface area contributed by atoms with Crippen molar-refractivity contribution in [3.05, 3.63) is 47.9 Å². The van der Waals surface area contributed by atoms with E-state index in [1.54, 1.807) is 0 Å². The Morgan fingerprint density at radius 2 is 1.60 bits per heavy atom. The highest BCUT2D eigenvalue weighted by atomic mass is 19.4. The molecule has 0 saturated heterocycles. The molecule has 0 aliphatic rings. The Labute approximate surface area is 108 Å². The van der Waals surface area contributed by atoms with E-state index in [2.05, 4.69) is 4.42 Å². The van der Waals surface area contributed by atoms with Gasteiger partial charge in [-0.1, -0.05) is 0 Å². The molecule has 0 spiro atoms. The maximum Gasteiger partial charge on any atom is 0.420 e. The van der Waals surface area contributed by atoms with Crippen LogP contribution in [0, 0.1) is 0 Å². The molecular weight excluding hydrogens is 290 g/mol. The molecule has 2 aromatic rings. The van der Waals surface area contributed by atoms with E-state index in [1.165, 1.54) is 6.07 Å². The predicted octanol–water partition coefficient (Wildman–Crippen LogP) is 5.11. The Balaban J connectivity index is 2.46. The van der Waals surface area contributed by atoms with Gasteiger partial charge in [-0.05, 0) is 18.2 Å². The van der Waals surface area contributed by atoms with Gasteiger partial charge in [0.25, 0.3) is 0 Å². The molecule has 20 heavy (non-hydrogen) atoms. The van der Waals surface area contributed by atoms with Gasteiger partial charge in [0.05, 0.1) is 17.4 Å². The quantitative estimate of drug-likeness (QED) is 0.718. The highest BCUT2D eigenvalue weighted by Gasteiger charge is 2.39. The van der Waals surface area contributed by atoms with Gasteiger partial charge < -0.3 is 9.15 Å². The van der Waals surface area contributed by atoms with Crippen LogP contribution in [0.4, 0.5) is 26.3 Å². The summed E-state index contributed by atoms with van der Waals surface area (Å²) < 4.78 is 85.1. The summed E-state index contributed by atoms with van der Waals surface area (Å²) in [5, 5.41) is 0. The van der Waals surface area contributed by atoms with E-state index in [4.69, 9.17) is 4.74 Å². The van der Waals surface area contributed by atoms with Crippen molar-refractivity contribution in [2.75, 3.05) is 0 Å². The van der Waals surface area contributed by atoms with E-state index in [9.17, 15) is 26.3 Å². The van der Waals surface area contributed by atoms with Gasteiger partial charge >= 0.3 is 12.4 Å². The highest BCUT2D eigenvalue weighted by molar-refractivity contribution is 5.42. The van der Waals surface area contributed by atoms with E-state index in [0.29, 0.717) is 12.1 Å². The molecule has 0 aliphatic carbocycles. The minimum absolute atomic E-state index is 0.00934. The molecule has 0 aliphatic heterocycles. The lowest BCUT2D eigenvalue weighted by Crippen LogP contribution is -2.11. The molecule has 0 saturated carbocycles. The minimum atomic E-state index is -4.97. The number of halogens is 6. The van der Waals surface area contributed by atoms with Crippen molar-refractivity contribution in [2.45, 2.75) is 12.4 Å². The van der Waals surface area contributed by atoms with Crippen LogP contribution in [0.2, 0.25) is 0 Å². The Morgan fingerprint density at radius 1 is 0.900 bits per heavy atom. The third-order valence-electron chi connectivity index (χ3n) is 2.34. The molecule has 0 fully saturated rings. The number of alkyl halides is 6. The fourth-order valence-electron chi connectivity index (χ4n) is 1.45. The van der Waals surface area contributed by atoms with Crippen LogP contribution in [0.25, 0.3) is 0 Å². The third kappa shape index (κ3) is 3.06. The average Bonchev–Trinajstić information content (AvgIpc) is 2.79. The van der Waals surface area contributed by atoms with Crippen molar-refractivity contribution >= 4 is 0 Å². The molecule has 108 valence electrons. The second kappa shape index (κ2) is 4.77. The Morgan fingerprint density at radius 3 is 2.10 bits per heavy atom. The lowest BCUT2D eigenvalue weighted by molar-refractivity contribution is -0.143. The van der Waals surface area contributed by atoms with Gasteiger partial charge in [0.2, 0.25) is 0 Å². The lowest BCUT2D eigenvalue weighted by atomic mass is 10.1. The fourth-order valence-corrected chi connectivity index (χ4v) is 1.45. The SMILES string of the molecule is FC(F)(F)c1ccc(Oc2ccoc2)c(C(F)(F)F)c1. The van der Waals surface area contributed by atoms with Crippen LogP contribution in [0.3, 0.4) is 0 Å². The summed E-state index contributed by atoms with van der Waals surface area (Å²) in [6, 6.07) is 2.39. The van der Waals surface area contributed by atoms with Gasteiger partial charge in [0.1, 0.15) is 12.0 Å². The standard InChI is InChI=1S/C12H6F6O2/c13-11(14,15)7-1-2-10(9(5-7)12(16,17)18)20-8-3-4-19-6-8/h1-6H. The molecule has 0 radical (unpaired) electrons. The Bertz CT molecular complexity index is 583. The van der Waals surface area contributed by atoms with Crippen LogP contribution in [0.1, 0.15) is 11.1 Å². The molecule has 1 aromatic carbocycles. The second-order valence-corrected chi connectivity index (χ2v) is 3.77. The number of furan rings is 1. The Hall–Kier alpha value is -2.12. The molecule has 8 heteroatoms. The van der Waals surface area contributed by atoms with Gasteiger partial charge in [-0.3, -0.25) is 0 Å². The molecule has 2 rings (SSSR count). The van der Waals surface area contributed by atoms with Crippen molar-refractivity contribution in [1.29, 1.82) is 0 Å². The zero-order valence-corrected chi connectivity index (χ0v) is 9.55. The molecule has 2 nitrogen and oxygen atoms in total. The number of hydrogen-bond acceptors (Lipinski definition) is 2. The van der Waals surface area contributed by atoms with Gasteiger partial charge in [-0.25, -0.2) is 0 Å². The molecule has 0 N–H and O–H groups in total. The largest absolute Gasteiger partial charge is 0.469 e. The van der Waals surface area contributed by atoms with Gasteiger partial charge in [0, 0.05) is 6.07 Å². The van der Waals surface area contributed by atoms with Gasteiger partial charge in [-0.2, -0.15) is 26.3 Å². The number of benzene rings is 1. The normalized spacial score (nSPS) is 12.5. The summed E-state index contributed by atoms with van der Waals surface area (Å²) >= 11 is 0. The predicted molar refractivity (Wildman–Crippen MR) is 55.2 cm³/mol. The summed E-state index contributed by atoms with van der Waals surface area (Å²) in [4.78, 5) is 0. The van der Waals surface area contributed by atoms with Crippen LogP contribution in [-0.4, -0.2) is 0 Å². The third-order valence-corrected chi connectivity index (χ3v) is 2.34. The molecule has 1 heterocycles. The van der Waals surface area contributed by atoms with Crippen LogP contribution in [0.15, 0.2) is 41.2 Å². The van der Waals surface area contributed by atoms with Crippen molar-refractivity contribution in [1.82, 2.24) is 0 Å². The lowest BCUT2D eigenvalue weighted by Gasteiger charge is -2.15. The maximum atomic E-state index is 12.8. The topological polar surface area (TPSA) is 22.4 Å². The first-order chi connectivity index (χ1) is 9.18. The molecule has 0 bridgehead atoms. The summed E-state index contributed by atoms with van der Waals surface area (Å²) in [5.41, 5.74) is -2.90. The summed E-state index contributed by atoms with van der Waals surface area (Å²) in [7, 11) is 0. The fraction of sp³-hybridized carbons (Fsp3) is 0.167. The monoisotopic (exact) mass is 296 g/mol. The molecule has 0 unspecified atom stereocenters. The maximum absolute atomic E-state index is 12.8. The summed E-state index contributed by atoms with van der Waals surface area (Å²) in [5.74, 6) is -0.776. The van der Waals surface area contributed by atoms with E-state index < -0.39 is 29.2 Å². The van der Waals surface area contributed by atoms with Crippen LogP contribution >= 0.6 is 0 Å². The smallest absolute Gasteiger partial charge is 0.420 e. The molecule has 0 atom stereocenters. The first-order valence-corrected chi connectivity index (χ1v) is 5.16. The van der Waals surface area contributed by atoms with Gasteiger partial charge in [0.15, 0.2) is 5.75 Å².